The van der Waals surface area contributed by atoms with Crippen LogP contribution in [-0.4, -0.2) is 11.3 Å². The van der Waals surface area contributed by atoms with E-state index in [0.29, 0.717) is 5.92 Å². The molecule has 3 heterocycles. The van der Waals surface area contributed by atoms with Crippen molar-refractivity contribution in [2.45, 2.75) is 72.1 Å². The lowest BCUT2D eigenvalue weighted by Crippen LogP contribution is -2.58. The molecule has 0 aliphatic carbocycles. The minimum Gasteiger partial charge on any atom is -0.458 e. The Hall–Kier alpha value is -6.58. The first-order valence-electron chi connectivity index (χ1n) is 22.3. The van der Waals surface area contributed by atoms with Gasteiger partial charge in [0.25, 0.3) is 6.71 Å². The Bertz CT molecular complexity index is 3250. The largest absolute Gasteiger partial charge is 0.458 e. The van der Waals surface area contributed by atoms with Gasteiger partial charge in [0.2, 0.25) is 0 Å². The van der Waals surface area contributed by atoms with Crippen LogP contribution in [0.5, 0.6) is 11.5 Å². The maximum Gasteiger partial charge on any atom is 0.256 e. The normalized spacial score (nSPS) is 13.1. The van der Waals surface area contributed by atoms with Gasteiger partial charge in [-0.1, -0.05) is 183 Å². The van der Waals surface area contributed by atoms with Crippen molar-refractivity contribution < 1.29 is 4.74 Å². The van der Waals surface area contributed by atoms with Crippen LogP contribution in [0.4, 0.5) is 0 Å². The average Bonchev–Trinajstić information content (AvgIpc) is 3.61. The van der Waals surface area contributed by atoms with Gasteiger partial charge in [0.1, 0.15) is 11.5 Å². The summed E-state index contributed by atoms with van der Waals surface area (Å²) in [5, 5.41) is 2.63. The lowest BCUT2D eigenvalue weighted by Gasteiger charge is -2.36. The van der Waals surface area contributed by atoms with Crippen LogP contribution in [0.1, 0.15) is 78.0 Å². The van der Waals surface area contributed by atoms with Crippen molar-refractivity contribution in [3.63, 3.8) is 0 Å². The van der Waals surface area contributed by atoms with Gasteiger partial charge in [-0.05, 0) is 125 Å². The van der Waals surface area contributed by atoms with E-state index in [1.54, 1.807) is 0 Å². The number of benzene rings is 8. The fourth-order valence-corrected chi connectivity index (χ4v) is 10.2. The topological polar surface area (TPSA) is 14.2 Å². The van der Waals surface area contributed by atoms with E-state index in [0.717, 1.165) is 22.6 Å². The predicted octanol–water partition coefficient (Wildman–Crippen LogP) is 14.1. The lowest BCUT2D eigenvalue weighted by atomic mass is 9.34. The molecule has 0 bridgehead atoms. The summed E-state index contributed by atoms with van der Waals surface area (Å²) >= 11 is 0. The number of rotatable bonds is 5. The highest BCUT2D eigenvalue weighted by Gasteiger charge is 2.43. The Morgan fingerprint density at radius 1 is 0.484 bits per heavy atom. The summed E-state index contributed by atoms with van der Waals surface area (Å²) in [4.78, 5) is 0. The molecule has 3 heteroatoms. The number of nitrogens with zero attached hydrogens (tertiary/aromatic N) is 1. The molecule has 0 fully saturated rings. The Morgan fingerprint density at radius 2 is 1.05 bits per heavy atom. The minimum atomic E-state index is -0.0738. The second kappa shape index (κ2) is 14.0. The highest BCUT2D eigenvalue weighted by molar-refractivity contribution is 6.99. The molecule has 62 heavy (non-hydrogen) atoms. The van der Waals surface area contributed by atoms with Gasteiger partial charge in [0, 0.05) is 27.5 Å². The monoisotopic (exact) mass is 801 g/mol. The zero-order valence-corrected chi connectivity index (χ0v) is 37.1. The van der Waals surface area contributed by atoms with Crippen molar-refractivity contribution in [1.29, 1.82) is 0 Å². The lowest BCUT2D eigenvalue weighted by molar-refractivity contribution is 0.488. The van der Waals surface area contributed by atoms with Crippen molar-refractivity contribution in [3.8, 4) is 61.7 Å². The van der Waals surface area contributed by atoms with Gasteiger partial charge in [0.05, 0.1) is 5.52 Å². The first kappa shape index (κ1) is 38.4. The smallest absolute Gasteiger partial charge is 0.256 e. The van der Waals surface area contributed by atoms with E-state index in [9.17, 15) is 0 Å². The number of aromatic nitrogens is 1. The Morgan fingerprint density at radius 3 is 1.66 bits per heavy atom. The maximum absolute atomic E-state index is 7.54. The summed E-state index contributed by atoms with van der Waals surface area (Å²) in [7, 11) is 0. The van der Waals surface area contributed by atoms with Gasteiger partial charge in [-0.15, -0.1) is 0 Å². The molecule has 1 aromatic heterocycles. The van der Waals surface area contributed by atoms with Gasteiger partial charge in [-0.2, -0.15) is 0 Å². The van der Waals surface area contributed by atoms with Crippen LogP contribution < -0.4 is 21.1 Å². The van der Waals surface area contributed by atoms with E-state index in [1.807, 2.05) is 0 Å². The quantitative estimate of drug-likeness (QED) is 0.158. The molecule has 9 aromatic rings. The molecule has 11 rings (SSSR count). The molecule has 8 aromatic carbocycles. The fraction of sp³-hybridized carbons (Fsp3) is 0.186. The molecule has 0 saturated carbocycles. The standard InChI is InChI=1S/C59H52BNO/c1-36(2)39-31-53-55-54(32-39)62-57-49(46-26-18-17-24-44(46)38-21-13-10-14-22-38)29-40(45-25-16-15-23-43(45)37-19-11-9-12-20-37)30-51(57)60(55)50-35-42(59(6,7)8)34-48-47-33-41(58(3,4)5)27-28-52(47)61(53)56(48)50/h9-36H,1-8H3. The van der Waals surface area contributed by atoms with Gasteiger partial charge < -0.3 is 9.30 Å². The molecule has 2 aliphatic heterocycles. The molecule has 2 aliphatic rings. The van der Waals surface area contributed by atoms with Crippen LogP contribution in [0.25, 0.3) is 72.0 Å². The molecule has 0 saturated heterocycles. The predicted molar refractivity (Wildman–Crippen MR) is 265 cm³/mol. The first-order valence-corrected chi connectivity index (χ1v) is 22.3. The first-order chi connectivity index (χ1) is 29.8. The Kier molecular flexibility index (Phi) is 8.65. The zero-order chi connectivity index (χ0) is 42.7. The maximum atomic E-state index is 7.54. The van der Waals surface area contributed by atoms with Crippen LogP contribution >= 0.6 is 0 Å². The van der Waals surface area contributed by atoms with Crippen molar-refractivity contribution in [2.75, 3.05) is 0 Å². The van der Waals surface area contributed by atoms with E-state index >= 15 is 0 Å². The average molecular weight is 802 g/mol. The van der Waals surface area contributed by atoms with Crippen molar-refractivity contribution in [1.82, 2.24) is 4.57 Å². The number of hydrogen-bond acceptors (Lipinski definition) is 1. The summed E-state index contributed by atoms with van der Waals surface area (Å²) in [6, 6.07) is 61.3. The van der Waals surface area contributed by atoms with E-state index in [1.165, 1.54) is 94.0 Å². The Labute approximate surface area is 366 Å². The fourth-order valence-electron chi connectivity index (χ4n) is 10.2. The van der Waals surface area contributed by atoms with Crippen LogP contribution in [0, 0.1) is 0 Å². The summed E-state index contributed by atoms with van der Waals surface area (Å²) in [5.74, 6) is 2.20. The molecule has 0 spiro atoms. The third-order valence-corrected chi connectivity index (χ3v) is 13.5. The number of ether oxygens (including phenoxy) is 1. The Balaban J connectivity index is 1.30. The summed E-state index contributed by atoms with van der Waals surface area (Å²) in [6.45, 7) is 18.6. The molecule has 0 atom stereocenters. The molecule has 0 unspecified atom stereocenters. The van der Waals surface area contributed by atoms with E-state index in [-0.39, 0.29) is 17.5 Å². The summed E-state index contributed by atoms with van der Waals surface area (Å²) < 4.78 is 10.1. The van der Waals surface area contributed by atoms with Crippen LogP contribution in [-0.2, 0) is 10.8 Å². The number of fused-ring (bicyclic) bond motifs is 7. The van der Waals surface area contributed by atoms with Crippen molar-refractivity contribution in [2.24, 2.45) is 0 Å². The van der Waals surface area contributed by atoms with Crippen molar-refractivity contribution >= 4 is 44.9 Å². The third kappa shape index (κ3) is 6.00. The van der Waals surface area contributed by atoms with Crippen LogP contribution in [0.3, 0.4) is 0 Å². The molecular weight excluding hydrogens is 749 g/mol. The minimum absolute atomic E-state index is 0.0142. The van der Waals surface area contributed by atoms with Gasteiger partial charge in [-0.25, -0.2) is 0 Å². The third-order valence-electron chi connectivity index (χ3n) is 13.5. The van der Waals surface area contributed by atoms with E-state index in [2.05, 4.69) is 224 Å². The van der Waals surface area contributed by atoms with Crippen molar-refractivity contribution in [3.05, 3.63) is 180 Å². The van der Waals surface area contributed by atoms with Crippen LogP contribution in [0.2, 0.25) is 0 Å². The van der Waals surface area contributed by atoms with Crippen LogP contribution in [0.15, 0.2) is 164 Å². The van der Waals surface area contributed by atoms with Gasteiger partial charge in [-0.3, -0.25) is 0 Å². The van der Waals surface area contributed by atoms with Gasteiger partial charge >= 0.3 is 0 Å². The second-order valence-electron chi connectivity index (χ2n) is 19.9. The summed E-state index contributed by atoms with van der Waals surface area (Å²) in [6.07, 6.45) is 0. The molecule has 0 N–H and O–H groups in total. The zero-order valence-electron chi connectivity index (χ0n) is 37.1. The molecule has 0 amide bonds. The van der Waals surface area contributed by atoms with E-state index < -0.39 is 0 Å². The SMILES string of the molecule is CC(C)c1cc2c3c(c1)-n1c4ccc(C(C)(C)C)cc4c4cc(C(C)(C)C)cc(c41)B3c1cc(-c3ccccc3-c3ccccc3)cc(-c3ccccc3-c3ccccc3)c1O2. The number of hydrogen-bond donors (Lipinski definition) is 0. The molecular formula is C59H52BNO. The van der Waals surface area contributed by atoms with E-state index in [4.69, 9.17) is 4.74 Å². The molecule has 0 radical (unpaired) electrons. The highest BCUT2D eigenvalue weighted by atomic mass is 16.5. The molecule has 302 valence electrons. The molecule has 2 nitrogen and oxygen atoms in total. The summed E-state index contributed by atoms with van der Waals surface area (Å²) in [5.41, 5.74) is 20.9. The van der Waals surface area contributed by atoms with Gasteiger partial charge in [0.15, 0.2) is 0 Å². The second-order valence-corrected chi connectivity index (χ2v) is 19.9. The highest BCUT2D eigenvalue weighted by Crippen LogP contribution is 2.47.